The minimum atomic E-state index is -0.610. The average molecular weight is 246 g/mol. The minimum Gasteiger partial charge on any atom is -0.481 e. The van der Waals surface area contributed by atoms with Gasteiger partial charge in [0.15, 0.2) is 0 Å². The van der Waals surface area contributed by atoms with Crippen LogP contribution in [0.3, 0.4) is 0 Å². The summed E-state index contributed by atoms with van der Waals surface area (Å²) in [7, 11) is 0. The molecule has 0 aliphatic heterocycles. The molecule has 1 N–H and O–H groups in total. The normalized spacial score (nSPS) is 23.8. The van der Waals surface area contributed by atoms with Crippen molar-refractivity contribution in [3.63, 3.8) is 0 Å². The second-order valence-electron chi connectivity index (χ2n) is 5.43. The molecule has 98 valence electrons. The molecule has 0 aromatic heterocycles. The van der Waals surface area contributed by atoms with Crippen LogP contribution in [0.4, 0.5) is 0 Å². The van der Waals surface area contributed by atoms with E-state index in [9.17, 15) is 4.79 Å². The second-order valence-corrected chi connectivity index (χ2v) is 5.43. The molecule has 1 aliphatic carbocycles. The van der Waals surface area contributed by atoms with Gasteiger partial charge in [-0.2, -0.15) is 0 Å². The summed E-state index contributed by atoms with van der Waals surface area (Å²) in [6, 6.07) is 8.86. The van der Waals surface area contributed by atoms with Gasteiger partial charge in [-0.1, -0.05) is 31.2 Å². The lowest BCUT2D eigenvalue weighted by Crippen LogP contribution is -2.22. The Morgan fingerprint density at radius 3 is 2.17 bits per heavy atom. The first-order chi connectivity index (χ1) is 8.69. The average Bonchev–Trinajstić information content (AvgIpc) is 2.40. The molecule has 18 heavy (non-hydrogen) atoms. The molecule has 2 nitrogen and oxygen atoms in total. The lowest BCUT2D eigenvalue weighted by molar-refractivity contribution is -0.143. The van der Waals surface area contributed by atoms with Crippen LogP contribution >= 0.6 is 0 Å². The van der Waals surface area contributed by atoms with Gasteiger partial charge in [0.2, 0.25) is 0 Å². The number of carboxylic acids is 1. The first kappa shape index (κ1) is 13.1. The molecular formula is C16H22O2. The van der Waals surface area contributed by atoms with Crippen molar-refractivity contribution in [1.29, 1.82) is 0 Å². The van der Waals surface area contributed by atoms with E-state index in [1.165, 1.54) is 11.1 Å². The molecule has 1 saturated carbocycles. The van der Waals surface area contributed by atoms with Gasteiger partial charge in [0, 0.05) is 0 Å². The number of carboxylic acid groups (broad SMARTS) is 1. The van der Waals surface area contributed by atoms with Gasteiger partial charge in [-0.3, -0.25) is 4.79 Å². The van der Waals surface area contributed by atoms with E-state index in [4.69, 9.17) is 5.11 Å². The number of hydrogen-bond donors (Lipinski definition) is 1. The maximum absolute atomic E-state index is 10.9. The van der Waals surface area contributed by atoms with Crippen LogP contribution in [0.2, 0.25) is 0 Å². The largest absolute Gasteiger partial charge is 0.481 e. The SMILES string of the molecule is CCc1ccc(CC2CCC(C(=O)O)CC2)cc1. The van der Waals surface area contributed by atoms with Crippen LogP contribution in [0.5, 0.6) is 0 Å². The van der Waals surface area contributed by atoms with Gasteiger partial charge in [0.25, 0.3) is 0 Å². The zero-order chi connectivity index (χ0) is 13.0. The molecule has 0 atom stereocenters. The number of benzene rings is 1. The Morgan fingerprint density at radius 2 is 1.67 bits per heavy atom. The van der Waals surface area contributed by atoms with Crippen molar-refractivity contribution in [2.24, 2.45) is 11.8 Å². The molecule has 1 aromatic carbocycles. The number of hydrogen-bond acceptors (Lipinski definition) is 1. The van der Waals surface area contributed by atoms with Crippen molar-refractivity contribution in [1.82, 2.24) is 0 Å². The Labute approximate surface area is 109 Å². The van der Waals surface area contributed by atoms with Gasteiger partial charge in [0.1, 0.15) is 0 Å². The molecule has 0 unspecified atom stereocenters. The summed E-state index contributed by atoms with van der Waals surface area (Å²) < 4.78 is 0. The smallest absolute Gasteiger partial charge is 0.306 e. The van der Waals surface area contributed by atoms with Gasteiger partial charge >= 0.3 is 5.97 Å². The summed E-state index contributed by atoms with van der Waals surface area (Å²) >= 11 is 0. The van der Waals surface area contributed by atoms with E-state index in [0.29, 0.717) is 5.92 Å². The van der Waals surface area contributed by atoms with E-state index in [0.717, 1.165) is 38.5 Å². The van der Waals surface area contributed by atoms with E-state index >= 15 is 0 Å². The highest BCUT2D eigenvalue weighted by atomic mass is 16.4. The number of carbonyl (C=O) groups is 1. The summed E-state index contributed by atoms with van der Waals surface area (Å²) in [5.41, 5.74) is 2.78. The topological polar surface area (TPSA) is 37.3 Å². The van der Waals surface area contributed by atoms with Gasteiger partial charge in [-0.05, 0) is 55.6 Å². The van der Waals surface area contributed by atoms with Crippen LogP contribution in [0, 0.1) is 11.8 Å². The third kappa shape index (κ3) is 3.34. The van der Waals surface area contributed by atoms with E-state index in [2.05, 4.69) is 31.2 Å². The van der Waals surface area contributed by atoms with E-state index in [1.54, 1.807) is 0 Å². The van der Waals surface area contributed by atoms with Gasteiger partial charge < -0.3 is 5.11 Å². The quantitative estimate of drug-likeness (QED) is 0.879. The van der Waals surface area contributed by atoms with Crippen LogP contribution in [-0.2, 0) is 17.6 Å². The predicted molar refractivity (Wildman–Crippen MR) is 72.6 cm³/mol. The Balaban J connectivity index is 1.85. The Morgan fingerprint density at radius 1 is 1.11 bits per heavy atom. The van der Waals surface area contributed by atoms with E-state index in [1.807, 2.05) is 0 Å². The van der Waals surface area contributed by atoms with E-state index < -0.39 is 5.97 Å². The summed E-state index contributed by atoms with van der Waals surface area (Å²) in [5.74, 6) is -0.0301. The zero-order valence-corrected chi connectivity index (χ0v) is 11.1. The predicted octanol–water partition coefficient (Wildman–Crippen LogP) is 3.68. The zero-order valence-electron chi connectivity index (χ0n) is 11.1. The van der Waals surface area contributed by atoms with Crippen molar-refractivity contribution in [2.45, 2.75) is 45.4 Å². The van der Waals surface area contributed by atoms with Crippen LogP contribution in [-0.4, -0.2) is 11.1 Å². The Bertz CT molecular complexity index is 386. The number of aliphatic carboxylic acids is 1. The molecule has 2 heteroatoms. The van der Waals surface area contributed by atoms with Crippen molar-refractivity contribution < 1.29 is 9.90 Å². The van der Waals surface area contributed by atoms with Crippen molar-refractivity contribution in [3.05, 3.63) is 35.4 Å². The summed E-state index contributed by atoms with van der Waals surface area (Å²) in [5, 5.41) is 8.97. The second kappa shape index (κ2) is 6.03. The summed E-state index contributed by atoms with van der Waals surface area (Å²) in [4.78, 5) is 10.9. The molecule has 0 bridgehead atoms. The fourth-order valence-corrected chi connectivity index (χ4v) is 2.86. The molecule has 0 amide bonds. The molecule has 0 radical (unpaired) electrons. The van der Waals surface area contributed by atoms with Gasteiger partial charge in [0.05, 0.1) is 5.92 Å². The van der Waals surface area contributed by atoms with Crippen LogP contribution in [0.15, 0.2) is 24.3 Å². The summed E-state index contributed by atoms with van der Waals surface area (Å²) in [6.07, 6.45) is 6.03. The van der Waals surface area contributed by atoms with Crippen LogP contribution < -0.4 is 0 Å². The monoisotopic (exact) mass is 246 g/mol. The third-order valence-corrected chi connectivity index (χ3v) is 4.15. The molecule has 1 aromatic rings. The first-order valence-electron chi connectivity index (χ1n) is 6.99. The first-order valence-corrected chi connectivity index (χ1v) is 6.99. The Kier molecular flexibility index (Phi) is 4.40. The standard InChI is InChI=1S/C16H22O2/c1-2-12-3-5-13(6-4-12)11-14-7-9-15(10-8-14)16(17)18/h3-6,14-15H,2,7-11H2,1H3,(H,17,18). The highest BCUT2D eigenvalue weighted by Crippen LogP contribution is 2.31. The molecule has 0 spiro atoms. The summed E-state index contributed by atoms with van der Waals surface area (Å²) in [6.45, 7) is 2.17. The fourth-order valence-electron chi connectivity index (χ4n) is 2.86. The highest BCUT2D eigenvalue weighted by Gasteiger charge is 2.25. The van der Waals surface area contributed by atoms with Gasteiger partial charge in [-0.25, -0.2) is 0 Å². The number of aryl methyl sites for hydroxylation is 1. The Hall–Kier alpha value is -1.31. The van der Waals surface area contributed by atoms with E-state index in [-0.39, 0.29) is 5.92 Å². The van der Waals surface area contributed by atoms with Crippen LogP contribution in [0.25, 0.3) is 0 Å². The molecule has 2 rings (SSSR count). The molecule has 1 aliphatic rings. The van der Waals surface area contributed by atoms with Crippen LogP contribution in [0.1, 0.15) is 43.7 Å². The third-order valence-electron chi connectivity index (χ3n) is 4.15. The fraction of sp³-hybridized carbons (Fsp3) is 0.562. The maximum atomic E-state index is 10.9. The van der Waals surface area contributed by atoms with Crippen molar-refractivity contribution >= 4 is 5.97 Å². The molecular weight excluding hydrogens is 224 g/mol. The number of rotatable bonds is 4. The highest BCUT2D eigenvalue weighted by molar-refractivity contribution is 5.69. The molecule has 0 heterocycles. The molecule has 0 saturated heterocycles. The molecule has 1 fully saturated rings. The maximum Gasteiger partial charge on any atom is 0.306 e. The van der Waals surface area contributed by atoms with Crippen molar-refractivity contribution in [2.75, 3.05) is 0 Å². The lowest BCUT2D eigenvalue weighted by atomic mass is 9.79. The van der Waals surface area contributed by atoms with Gasteiger partial charge in [-0.15, -0.1) is 0 Å². The lowest BCUT2D eigenvalue weighted by Gasteiger charge is -2.26. The minimum absolute atomic E-state index is 0.0938. The van der Waals surface area contributed by atoms with Crippen molar-refractivity contribution in [3.8, 4) is 0 Å².